The maximum absolute atomic E-state index is 13.3. The highest BCUT2D eigenvalue weighted by Gasteiger charge is 2.22. The zero-order valence-corrected chi connectivity index (χ0v) is 14.2. The van der Waals surface area contributed by atoms with Gasteiger partial charge in [0.2, 0.25) is 5.88 Å². The quantitative estimate of drug-likeness (QED) is 0.758. The fraction of sp³-hybridized carbons (Fsp3) is 0.389. The fourth-order valence-corrected chi connectivity index (χ4v) is 3.25. The van der Waals surface area contributed by atoms with Crippen LogP contribution in [0, 0.1) is 11.6 Å². The van der Waals surface area contributed by atoms with Crippen LogP contribution in [0.3, 0.4) is 0 Å². The lowest BCUT2D eigenvalue weighted by Crippen LogP contribution is -2.29. The number of fused-ring (bicyclic) bond motifs is 1. The normalized spacial score (nSPS) is 17.5. The lowest BCUT2D eigenvalue weighted by molar-refractivity contribution is 0.300. The Hall–Kier alpha value is -2.61. The predicted octanol–water partition coefficient (Wildman–Crippen LogP) is 2.49. The molecule has 1 unspecified atom stereocenters. The van der Waals surface area contributed by atoms with Crippen LogP contribution in [0.25, 0.3) is 5.65 Å². The molecule has 136 valence electrons. The predicted molar refractivity (Wildman–Crippen MR) is 91.2 cm³/mol. The summed E-state index contributed by atoms with van der Waals surface area (Å²) < 4.78 is 34.1. The summed E-state index contributed by atoms with van der Waals surface area (Å²) in [6.07, 6.45) is 5.87. The molecule has 1 aliphatic heterocycles. The third kappa shape index (κ3) is 3.37. The molecule has 0 bridgehead atoms. The molecule has 1 saturated heterocycles. The highest BCUT2D eigenvalue weighted by atomic mass is 19.2. The molecule has 1 fully saturated rings. The summed E-state index contributed by atoms with van der Waals surface area (Å²) in [5.74, 6) is -0.0150. The zero-order valence-electron chi connectivity index (χ0n) is 14.2. The highest BCUT2D eigenvalue weighted by Crippen LogP contribution is 2.25. The number of halogens is 2. The van der Waals surface area contributed by atoms with Crippen LogP contribution in [0.1, 0.15) is 30.1 Å². The number of benzene rings is 1. The minimum Gasteiger partial charge on any atom is -0.477 e. The Labute approximate surface area is 149 Å². The summed E-state index contributed by atoms with van der Waals surface area (Å²) >= 11 is 0. The lowest BCUT2D eigenvalue weighted by atomic mass is 9.99. The van der Waals surface area contributed by atoms with Crippen molar-refractivity contribution < 1.29 is 13.5 Å². The zero-order chi connectivity index (χ0) is 17.9. The van der Waals surface area contributed by atoms with Gasteiger partial charge in [-0.2, -0.15) is 0 Å². The highest BCUT2D eigenvalue weighted by molar-refractivity contribution is 5.39. The first kappa shape index (κ1) is 16.8. The van der Waals surface area contributed by atoms with Gasteiger partial charge in [0.25, 0.3) is 0 Å². The average molecular weight is 359 g/mol. The number of rotatable bonds is 5. The molecule has 2 aromatic heterocycles. The first-order valence-corrected chi connectivity index (χ1v) is 8.69. The van der Waals surface area contributed by atoms with Crippen LogP contribution in [0.5, 0.6) is 5.88 Å². The van der Waals surface area contributed by atoms with Gasteiger partial charge in [0.05, 0.1) is 19.0 Å². The van der Waals surface area contributed by atoms with E-state index in [1.807, 2.05) is 4.40 Å². The second-order valence-electron chi connectivity index (χ2n) is 6.39. The van der Waals surface area contributed by atoms with Gasteiger partial charge < -0.3 is 10.1 Å². The first-order chi connectivity index (χ1) is 12.7. The summed E-state index contributed by atoms with van der Waals surface area (Å²) in [5, 5.41) is 11.9. The van der Waals surface area contributed by atoms with Gasteiger partial charge in [-0.05, 0) is 37.1 Å². The lowest BCUT2D eigenvalue weighted by Gasteiger charge is -2.21. The molecular formula is C18H19F2N5O. The van der Waals surface area contributed by atoms with E-state index in [9.17, 15) is 8.78 Å². The summed E-state index contributed by atoms with van der Waals surface area (Å²) in [7, 11) is 0. The summed E-state index contributed by atoms with van der Waals surface area (Å²) in [6.45, 7) is 2.19. The summed E-state index contributed by atoms with van der Waals surface area (Å²) in [6, 6.07) is 3.87. The molecule has 0 radical (unpaired) electrons. The Morgan fingerprint density at radius 2 is 2.12 bits per heavy atom. The Morgan fingerprint density at radius 1 is 1.19 bits per heavy atom. The maximum atomic E-state index is 13.3. The number of ether oxygens (including phenoxy) is 1. The maximum Gasteiger partial charge on any atom is 0.219 e. The number of hydrogen-bond acceptors (Lipinski definition) is 5. The number of aromatic nitrogens is 4. The molecule has 6 nitrogen and oxygen atoms in total. The summed E-state index contributed by atoms with van der Waals surface area (Å²) in [5.41, 5.74) is 1.31. The van der Waals surface area contributed by atoms with Crippen LogP contribution >= 0.6 is 0 Å². The molecular weight excluding hydrogens is 340 g/mol. The Morgan fingerprint density at radius 3 is 2.92 bits per heavy atom. The van der Waals surface area contributed by atoms with E-state index >= 15 is 0 Å². The number of hydrogen-bond donors (Lipinski definition) is 1. The molecule has 0 amide bonds. The van der Waals surface area contributed by atoms with E-state index in [0.29, 0.717) is 30.1 Å². The monoisotopic (exact) mass is 359 g/mol. The second-order valence-corrected chi connectivity index (χ2v) is 6.39. The smallest absolute Gasteiger partial charge is 0.219 e. The first-order valence-electron chi connectivity index (χ1n) is 8.69. The van der Waals surface area contributed by atoms with Crippen molar-refractivity contribution >= 4 is 5.65 Å². The Balaban J connectivity index is 1.52. The van der Waals surface area contributed by atoms with Crippen molar-refractivity contribution in [3.05, 3.63) is 53.6 Å². The van der Waals surface area contributed by atoms with E-state index in [1.54, 1.807) is 18.5 Å². The third-order valence-corrected chi connectivity index (χ3v) is 4.60. The number of piperidine rings is 1. The van der Waals surface area contributed by atoms with Crippen molar-refractivity contribution in [2.75, 3.05) is 19.7 Å². The van der Waals surface area contributed by atoms with Crippen LogP contribution in [0.4, 0.5) is 8.78 Å². The molecule has 26 heavy (non-hydrogen) atoms. The van der Waals surface area contributed by atoms with E-state index in [-0.39, 0.29) is 5.92 Å². The second kappa shape index (κ2) is 7.33. The van der Waals surface area contributed by atoms with Gasteiger partial charge in [-0.25, -0.2) is 13.2 Å². The average Bonchev–Trinajstić information content (AvgIpc) is 3.10. The molecule has 1 atom stereocenters. The van der Waals surface area contributed by atoms with Gasteiger partial charge >= 0.3 is 0 Å². The molecule has 8 heteroatoms. The summed E-state index contributed by atoms with van der Waals surface area (Å²) in [4.78, 5) is 4.15. The molecule has 1 aliphatic rings. The van der Waals surface area contributed by atoms with Gasteiger partial charge in [0, 0.05) is 18.9 Å². The van der Waals surface area contributed by atoms with Crippen LogP contribution in [-0.4, -0.2) is 39.3 Å². The molecule has 0 saturated carbocycles. The standard InChI is InChI=1S/C18H19F2N5O/c19-14-4-3-12(8-15(14)20)5-7-26-17-11-22-10-16-23-24-18(25(16)17)13-2-1-6-21-9-13/h3-4,8,10-11,13,21H,1-2,5-7,9H2. The minimum atomic E-state index is -0.850. The SMILES string of the molecule is Fc1ccc(CCOc2cncc3nnc(C4CCCNC4)n23)cc1F. The molecule has 0 spiro atoms. The van der Waals surface area contributed by atoms with Crippen LogP contribution in [0.15, 0.2) is 30.6 Å². The number of nitrogens with one attached hydrogen (secondary N) is 1. The van der Waals surface area contributed by atoms with Crippen LogP contribution in [0.2, 0.25) is 0 Å². The molecule has 3 aromatic rings. The number of nitrogens with zero attached hydrogens (tertiary/aromatic N) is 4. The molecule has 1 aromatic carbocycles. The Bertz CT molecular complexity index is 908. The van der Waals surface area contributed by atoms with Crippen molar-refractivity contribution in [1.82, 2.24) is 24.9 Å². The fourth-order valence-electron chi connectivity index (χ4n) is 3.25. The third-order valence-electron chi connectivity index (χ3n) is 4.60. The van der Waals surface area contributed by atoms with E-state index < -0.39 is 11.6 Å². The van der Waals surface area contributed by atoms with Crippen molar-refractivity contribution in [2.45, 2.75) is 25.2 Å². The van der Waals surface area contributed by atoms with Gasteiger partial charge in [-0.15, -0.1) is 10.2 Å². The van der Waals surface area contributed by atoms with Crippen molar-refractivity contribution in [3.8, 4) is 5.88 Å². The van der Waals surface area contributed by atoms with Gasteiger partial charge in [0.1, 0.15) is 5.82 Å². The molecule has 3 heterocycles. The van der Waals surface area contributed by atoms with E-state index in [2.05, 4.69) is 20.5 Å². The van der Waals surface area contributed by atoms with Crippen LogP contribution < -0.4 is 10.1 Å². The largest absolute Gasteiger partial charge is 0.477 e. The van der Waals surface area contributed by atoms with Crippen LogP contribution in [-0.2, 0) is 6.42 Å². The van der Waals surface area contributed by atoms with Crippen molar-refractivity contribution in [2.24, 2.45) is 0 Å². The minimum absolute atomic E-state index is 0.273. The molecule has 0 aliphatic carbocycles. The van der Waals surface area contributed by atoms with Gasteiger partial charge in [-0.1, -0.05) is 6.07 Å². The Kier molecular flexibility index (Phi) is 4.75. The van der Waals surface area contributed by atoms with E-state index in [4.69, 9.17) is 4.74 Å². The molecule has 4 rings (SSSR count). The van der Waals surface area contributed by atoms with E-state index in [0.717, 1.165) is 37.8 Å². The van der Waals surface area contributed by atoms with Gasteiger partial charge in [-0.3, -0.25) is 4.98 Å². The van der Waals surface area contributed by atoms with Crippen molar-refractivity contribution in [1.29, 1.82) is 0 Å². The van der Waals surface area contributed by atoms with Gasteiger partial charge in [0.15, 0.2) is 17.3 Å². The van der Waals surface area contributed by atoms with E-state index in [1.165, 1.54) is 6.07 Å². The topological polar surface area (TPSA) is 64.3 Å². The van der Waals surface area contributed by atoms with Crippen molar-refractivity contribution in [3.63, 3.8) is 0 Å². The molecule has 1 N–H and O–H groups in total.